The molecule has 66 valence electrons. The summed E-state index contributed by atoms with van der Waals surface area (Å²) in [6.07, 6.45) is 3.36. The molecule has 1 saturated carbocycles. The number of ketones is 1. The monoisotopic (exact) mass is 190 g/mol. The highest BCUT2D eigenvalue weighted by Crippen LogP contribution is 2.55. The van der Waals surface area contributed by atoms with Crippen molar-refractivity contribution < 1.29 is 4.79 Å². The van der Waals surface area contributed by atoms with E-state index >= 15 is 0 Å². The molecule has 1 aliphatic carbocycles. The number of thioether (sulfide) groups is 1. The highest BCUT2D eigenvalue weighted by atomic mass is 32.2. The van der Waals surface area contributed by atoms with Gasteiger partial charge in [0.15, 0.2) is 5.78 Å². The molecule has 0 amide bonds. The zero-order chi connectivity index (χ0) is 8.89. The lowest BCUT2D eigenvalue weighted by molar-refractivity contribution is 0.0898. The summed E-state index contributed by atoms with van der Waals surface area (Å²) < 4.78 is -0.0380. The Morgan fingerprint density at radius 1 is 1.23 bits per heavy atom. The molecule has 1 fully saturated rings. The van der Waals surface area contributed by atoms with Crippen LogP contribution in [0.2, 0.25) is 0 Å². The van der Waals surface area contributed by atoms with Crippen molar-refractivity contribution in [1.29, 1.82) is 0 Å². The maximum Gasteiger partial charge on any atom is 0.180 e. The fourth-order valence-electron chi connectivity index (χ4n) is 2.07. The Hall–Kier alpha value is -0.760. The molecule has 0 aromatic heterocycles. The van der Waals surface area contributed by atoms with E-state index in [2.05, 4.69) is 6.07 Å². The quantitative estimate of drug-likeness (QED) is 0.625. The van der Waals surface area contributed by atoms with Crippen LogP contribution in [0.25, 0.3) is 0 Å². The van der Waals surface area contributed by atoms with Gasteiger partial charge in [-0.3, -0.25) is 4.79 Å². The largest absolute Gasteiger partial charge is 0.293 e. The Bertz CT molecular complexity index is 379. The van der Waals surface area contributed by atoms with Gasteiger partial charge in [0.2, 0.25) is 0 Å². The number of fused-ring (bicyclic) bond motifs is 1. The summed E-state index contributed by atoms with van der Waals surface area (Å²) in [6, 6.07) is 7.98. The smallest absolute Gasteiger partial charge is 0.180 e. The SMILES string of the molecule is O=C1c2ccccc2SC12CCC2. The summed E-state index contributed by atoms with van der Waals surface area (Å²) in [4.78, 5) is 13.2. The van der Waals surface area contributed by atoms with Crippen molar-refractivity contribution in [2.45, 2.75) is 28.9 Å². The summed E-state index contributed by atoms with van der Waals surface area (Å²) in [6.45, 7) is 0. The van der Waals surface area contributed by atoms with E-state index in [9.17, 15) is 4.79 Å². The molecule has 13 heavy (non-hydrogen) atoms. The van der Waals surface area contributed by atoms with Crippen LogP contribution in [0.1, 0.15) is 29.6 Å². The van der Waals surface area contributed by atoms with Gasteiger partial charge >= 0.3 is 0 Å². The van der Waals surface area contributed by atoms with Gasteiger partial charge in [0.05, 0.1) is 4.75 Å². The van der Waals surface area contributed by atoms with Crippen LogP contribution in [0.4, 0.5) is 0 Å². The Balaban J connectivity index is 2.11. The van der Waals surface area contributed by atoms with Crippen LogP contribution < -0.4 is 0 Å². The van der Waals surface area contributed by atoms with E-state index in [1.807, 2.05) is 18.2 Å². The summed E-state index contributed by atoms with van der Waals surface area (Å²) in [5.41, 5.74) is 0.951. The van der Waals surface area contributed by atoms with Crippen molar-refractivity contribution in [2.75, 3.05) is 0 Å². The minimum atomic E-state index is -0.0380. The van der Waals surface area contributed by atoms with Crippen LogP contribution in [-0.2, 0) is 0 Å². The van der Waals surface area contributed by atoms with Gasteiger partial charge in [-0.25, -0.2) is 0 Å². The molecule has 2 heteroatoms. The zero-order valence-corrected chi connectivity index (χ0v) is 8.06. The molecular formula is C11H10OS. The van der Waals surface area contributed by atoms with Crippen LogP contribution in [0.15, 0.2) is 29.2 Å². The van der Waals surface area contributed by atoms with Crippen LogP contribution in [-0.4, -0.2) is 10.5 Å². The van der Waals surface area contributed by atoms with Crippen LogP contribution in [0, 0.1) is 0 Å². The lowest BCUT2D eigenvalue weighted by Crippen LogP contribution is -2.38. The first kappa shape index (κ1) is 7.63. The molecule has 0 radical (unpaired) electrons. The first-order chi connectivity index (χ1) is 6.32. The number of Topliss-reactive ketones (excluding diaryl/α,β-unsaturated/α-hetero) is 1. The lowest BCUT2D eigenvalue weighted by Gasteiger charge is -2.35. The number of hydrogen-bond donors (Lipinski definition) is 0. The average molecular weight is 190 g/mol. The Kier molecular flexibility index (Phi) is 1.40. The molecule has 1 aliphatic heterocycles. The number of carbonyl (C=O) groups excluding carboxylic acids is 1. The fourth-order valence-corrected chi connectivity index (χ4v) is 3.61. The van der Waals surface area contributed by atoms with Gasteiger partial charge in [-0.15, -0.1) is 11.8 Å². The van der Waals surface area contributed by atoms with E-state index in [1.54, 1.807) is 11.8 Å². The molecule has 1 heterocycles. The van der Waals surface area contributed by atoms with Crippen molar-refractivity contribution >= 4 is 17.5 Å². The molecule has 2 aliphatic rings. The second-order valence-electron chi connectivity index (χ2n) is 3.78. The molecule has 1 aromatic rings. The Labute approximate surface area is 81.5 Å². The molecule has 0 unspecified atom stereocenters. The van der Waals surface area contributed by atoms with Gasteiger partial charge in [0, 0.05) is 10.5 Å². The van der Waals surface area contributed by atoms with Crippen LogP contribution in [0.3, 0.4) is 0 Å². The highest BCUT2D eigenvalue weighted by molar-refractivity contribution is 8.02. The molecule has 0 N–H and O–H groups in total. The molecule has 3 rings (SSSR count). The van der Waals surface area contributed by atoms with Crippen molar-refractivity contribution in [3.8, 4) is 0 Å². The Morgan fingerprint density at radius 2 is 2.00 bits per heavy atom. The van der Waals surface area contributed by atoms with Gasteiger partial charge in [0.1, 0.15) is 0 Å². The van der Waals surface area contributed by atoms with Crippen LogP contribution in [0.5, 0.6) is 0 Å². The highest BCUT2D eigenvalue weighted by Gasteiger charge is 2.50. The summed E-state index contributed by atoms with van der Waals surface area (Å²) in [5.74, 6) is 0.374. The van der Waals surface area contributed by atoms with Crippen molar-refractivity contribution in [1.82, 2.24) is 0 Å². The predicted molar refractivity (Wildman–Crippen MR) is 53.2 cm³/mol. The fraction of sp³-hybridized carbons (Fsp3) is 0.364. The molecular weight excluding hydrogens is 180 g/mol. The summed E-state index contributed by atoms with van der Waals surface area (Å²) in [5, 5.41) is 0. The van der Waals surface area contributed by atoms with Gasteiger partial charge in [-0.05, 0) is 25.3 Å². The van der Waals surface area contributed by atoms with Gasteiger partial charge in [0.25, 0.3) is 0 Å². The number of rotatable bonds is 0. The zero-order valence-electron chi connectivity index (χ0n) is 7.25. The van der Waals surface area contributed by atoms with E-state index in [-0.39, 0.29) is 4.75 Å². The normalized spacial score (nSPS) is 22.9. The maximum absolute atomic E-state index is 12.0. The maximum atomic E-state index is 12.0. The van der Waals surface area contributed by atoms with Crippen molar-refractivity contribution in [3.05, 3.63) is 29.8 Å². The van der Waals surface area contributed by atoms with E-state index < -0.39 is 0 Å². The standard InChI is InChI=1S/C11H10OS/c12-10-8-4-1-2-5-9(8)13-11(10)6-3-7-11/h1-2,4-5H,3,6-7H2. The van der Waals surface area contributed by atoms with Gasteiger partial charge in [-0.2, -0.15) is 0 Å². The molecule has 1 aromatic carbocycles. The van der Waals surface area contributed by atoms with E-state index in [4.69, 9.17) is 0 Å². The number of benzene rings is 1. The number of hydrogen-bond acceptors (Lipinski definition) is 2. The first-order valence-electron chi connectivity index (χ1n) is 4.65. The molecule has 0 atom stereocenters. The lowest BCUT2D eigenvalue weighted by atomic mass is 9.79. The van der Waals surface area contributed by atoms with E-state index in [0.29, 0.717) is 5.78 Å². The van der Waals surface area contributed by atoms with Gasteiger partial charge < -0.3 is 0 Å². The topological polar surface area (TPSA) is 17.1 Å². The molecule has 1 spiro atoms. The molecule has 1 nitrogen and oxygen atoms in total. The average Bonchev–Trinajstić information content (AvgIpc) is 2.40. The first-order valence-corrected chi connectivity index (χ1v) is 5.46. The van der Waals surface area contributed by atoms with E-state index in [0.717, 1.165) is 18.4 Å². The van der Waals surface area contributed by atoms with Crippen LogP contribution >= 0.6 is 11.8 Å². The van der Waals surface area contributed by atoms with E-state index in [1.165, 1.54) is 11.3 Å². The summed E-state index contributed by atoms with van der Waals surface area (Å²) in [7, 11) is 0. The molecule has 0 bridgehead atoms. The minimum Gasteiger partial charge on any atom is -0.293 e. The summed E-state index contributed by atoms with van der Waals surface area (Å²) >= 11 is 1.78. The second-order valence-corrected chi connectivity index (χ2v) is 5.20. The van der Waals surface area contributed by atoms with Crippen molar-refractivity contribution in [3.63, 3.8) is 0 Å². The Morgan fingerprint density at radius 3 is 2.62 bits per heavy atom. The third kappa shape index (κ3) is 0.869. The second kappa shape index (κ2) is 2.38. The third-order valence-electron chi connectivity index (χ3n) is 3.01. The third-order valence-corrected chi connectivity index (χ3v) is 4.57. The molecule has 0 saturated heterocycles. The van der Waals surface area contributed by atoms with Crippen molar-refractivity contribution in [2.24, 2.45) is 0 Å². The predicted octanol–water partition coefficient (Wildman–Crippen LogP) is 2.90. The minimum absolute atomic E-state index is 0.0380. The van der Waals surface area contributed by atoms with Gasteiger partial charge in [-0.1, -0.05) is 18.2 Å². The number of carbonyl (C=O) groups is 1.